The minimum absolute atomic E-state index is 0.462. The van der Waals surface area contributed by atoms with Crippen molar-refractivity contribution in [3.05, 3.63) is 28.2 Å². The molecule has 0 saturated carbocycles. The van der Waals surface area contributed by atoms with Crippen LogP contribution in [0.2, 0.25) is 0 Å². The van der Waals surface area contributed by atoms with Gasteiger partial charge in [-0.2, -0.15) is 5.26 Å². The van der Waals surface area contributed by atoms with Gasteiger partial charge in [0.25, 0.3) is 0 Å². The fourth-order valence-corrected chi connectivity index (χ4v) is 3.16. The number of halogens is 1. The van der Waals surface area contributed by atoms with Crippen molar-refractivity contribution in [3.63, 3.8) is 0 Å². The molecule has 0 spiro atoms. The van der Waals surface area contributed by atoms with E-state index in [0.29, 0.717) is 24.9 Å². The van der Waals surface area contributed by atoms with Crippen molar-refractivity contribution in [3.8, 4) is 6.07 Å². The summed E-state index contributed by atoms with van der Waals surface area (Å²) in [6.45, 7) is 3.17. The highest BCUT2D eigenvalue weighted by Crippen LogP contribution is 2.37. The number of hydrogen-bond donors (Lipinski definition) is 1. The molecule has 5 heteroatoms. The summed E-state index contributed by atoms with van der Waals surface area (Å²) in [5.41, 5.74) is 0.707. The fraction of sp³-hybridized carbons (Fsp3) is 0.467. The van der Waals surface area contributed by atoms with Crippen LogP contribution in [0.25, 0.3) is 0 Å². The van der Waals surface area contributed by atoms with E-state index in [4.69, 9.17) is 0 Å². The molecular weight excluding hydrogens is 320 g/mol. The molecule has 0 radical (unpaired) electrons. The molecule has 1 unspecified atom stereocenters. The van der Waals surface area contributed by atoms with Crippen LogP contribution in [0, 0.1) is 16.7 Å². The largest absolute Gasteiger partial charge is 0.481 e. The SMILES string of the molecule is CCC1(C(=O)O)CCCN(c2cc(Br)ccc2C#N)C1. The number of carboxylic acids is 1. The molecule has 1 heterocycles. The van der Waals surface area contributed by atoms with Gasteiger partial charge in [-0.1, -0.05) is 22.9 Å². The van der Waals surface area contributed by atoms with Crippen LogP contribution in [-0.2, 0) is 4.79 Å². The van der Waals surface area contributed by atoms with Gasteiger partial charge in [-0.25, -0.2) is 0 Å². The standard InChI is InChI=1S/C15H17BrN2O2/c1-2-15(14(19)20)6-3-7-18(10-15)13-8-12(16)5-4-11(13)9-17/h4-5,8H,2-3,6-7,10H2,1H3,(H,19,20). The Morgan fingerprint density at radius 1 is 1.60 bits per heavy atom. The van der Waals surface area contributed by atoms with Gasteiger partial charge in [0.05, 0.1) is 16.7 Å². The van der Waals surface area contributed by atoms with Crippen LogP contribution in [0.5, 0.6) is 0 Å². The lowest BCUT2D eigenvalue weighted by molar-refractivity contribution is -0.149. The molecular formula is C15H17BrN2O2. The Morgan fingerprint density at radius 3 is 2.95 bits per heavy atom. The Labute approximate surface area is 127 Å². The lowest BCUT2D eigenvalue weighted by Gasteiger charge is -2.41. The van der Waals surface area contributed by atoms with Gasteiger partial charge < -0.3 is 10.0 Å². The van der Waals surface area contributed by atoms with Crippen molar-refractivity contribution in [2.24, 2.45) is 5.41 Å². The zero-order valence-electron chi connectivity index (χ0n) is 11.4. The molecule has 0 aliphatic carbocycles. The first kappa shape index (κ1) is 14.9. The van der Waals surface area contributed by atoms with Crippen molar-refractivity contribution in [2.75, 3.05) is 18.0 Å². The van der Waals surface area contributed by atoms with Crippen LogP contribution < -0.4 is 4.90 Å². The second-order valence-corrected chi connectivity index (χ2v) is 6.15. The number of hydrogen-bond acceptors (Lipinski definition) is 3. The highest BCUT2D eigenvalue weighted by molar-refractivity contribution is 9.10. The van der Waals surface area contributed by atoms with E-state index in [1.165, 1.54) is 0 Å². The third-order valence-electron chi connectivity index (χ3n) is 4.13. The smallest absolute Gasteiger partial charge is 0.311 e. The lowest BCUT2D eigenvalue weighted by atomic mass is 9.77. The molecule has 20 heavy (non-hydrogen) atoms. The number of carbonyl (C=O) groups is 1. The Balaban J connectivity index is 2.37. The van der Waals surface area contributed by atoms with E-state index < -0.39 is 11.4 Å². The van der Waals surface area contributed by atoms with Crippen molar-refractivity contribution in [1.29, 1.82) is 5.26 Å². The van der Waals surface area contributed by atoms with Crippen molar-refractivity contribution in [1.82, 2.24) is 0 Å². The molecule has 0 bridgehead atoms. The molecule has 0 aromatic heterocycles. The van der Waals surface area contributed by atoms with Gasteiger partial charge in [-0.15, -0.1) is 0 Å². The molecule has 1 aliphatic heterocycles. The normalized spacial score (nSPS) is 22.4. The van der Waals surface area contributed by atoms with E-state index in [1.807, 2.05) is 24.0 Å². The maximum absolute atomic E-state index is 11.6. The Bertz CT molecular complexity index is 567. The van der Waals surface area contributed by atoms with E-state index in [0.717, 1.165) is 23.1 Å². The van der Waals surface area contributed by atoms with E-state index in [1.54, 1.807) is 6.07 Å². The maximum atomic E-state index is 11.6. The van der Waals surface area contributed by atoms with Crippen molar-refractivity contribution >= 4 is 27.6 Å². The van der Waals surface area contributed by atoms with Gasteiger partial charge in [0.1, 0.15) is 6.07 Å². The summed E-state index contributed by atoms with van der Waals surface area (Å²) in [6, 6.07) is 7.68. The minimum Gasteiger partial charge on any atom is -0.481 e. The highest BCUT2D eigenvalue weighted by atomic mass is 79.9. The van der Waals surface area contributed by atoms with Gasteiger partial charge >= 0.3 is 5.97 Å². The van der Waals surface area contributed by atoms with Crippen LogP contribution in [0.15, 0.2) is 22.7 Å². The Morgan fingerprint density at radius 2 is 2.35 bits per heavy atom. The predicted octanol–water partition coefficient (Wildman–Crippen LogP) is 3.40. The zero-order chi connectivity index (χ0) is 14.8. The molecule has 1 saturated heterocycles. The summed E-state index contributed by atoms with van der Waals surface area (Å²) < 4.78 is 0.898. The number of anilines is 1. The highest BCUT2D eigenvalue weighted by Gasteiger charge is 2.41. The third-order valence-corrected chi connectivity index (χ3v) is 4.62. The second kappa shape index (κ2) is 5.84. The average Bonchev–Trinajstić information content (AvgIpc) is 2.47. The topological polar surface area (TPSA) is 64.3 Å². The molecule has 106 valence electrons. The average molecular weight is 337 g/mol. The maximum Gasteiger partial charge on any atom is 0.311 e. The van der Waals surface area contributed by atoms with E-state index in [2.05, 4.69) is 22.0 Å². The summed E-state index contributed by atoms with van der Waals surface area (Å²) in [5.74, 6) is -0.738. The van der Waals surface area contributed by atoms with E-state index in [-0.39, 0.29) is 0 Å². The first-order valence-corrected chi connectivity index (χ1v) is 7.50. The lowest BCUT2D eigenvalue weighted by Crippen LogP contribution is -2.47. The van der Waals surface area contributed by atoms with Gasteiger partial charge in [0.15, 0.2) is 0 Å². The van der Waals surface area contributed by atoms with E-state index >= 15 is 0 Å². The molecule has 1 atom stereocenters. The summed E-state index contributed by atoms with van der Waals surface area (Å²) >= 11 is 3.41. The summed E-state index contributed by atoms with van der Waals surface area (Å²) in [6.07, 6.45) is 2.14. The number of aliphatic carboxylic acids is 1. The molecule has 1 aromatic rings. The Kier molecular flexibility index (Phi) is 4.34. The van der Waals surface area contributed by atoms with Gasteiger partial charge in [-0.3, -0.25) is 4.79 Å². The fourth-order valence-electron chi connectivity index (χ4n) is 2.81. The van der Waals surface area contributed by atoms with Crippen LogP contribution in [0.1, 0.15) is 31.7 Å². The number of piperidine rings is 1. The minimum atomic E-state index is -0.738. The molecule has 1 fully saturated rings. The van der Waals surface area contributed by atoms with Gasteiger partial charge in [0.2, 0.25) is 0 Å². The van der Waals surface area contributed by atoms with Crippen LogP contribution in [-0.4, -0.2) is 24.2 Å². The quantitative estimate of drug-likeness (QED) is 0.918. The summed E-state index contributed by atoms with van der Waals surface area (Å²) in [4.78, 5) is 13.6. The molecule has 1 aromatic carbocycles. The van der Waals surface area contributed by atoms with Gasteiger partial charge in [-0.05, 0) is 37.5 Å². The van der Waals surface area contributed by atoms with E-state index in [9.17, 15) is 15.2 Å². The first-order chi connectivity index (χ1) is 9.52. The summed E-state index contributed by atoms with van der Waals surface area (Å²) in [5, 5.41) is 18.8. The predicted molar refractivity (Wildman–Crippen MR) is 80.7 cm³/mol. The number of benzene rings is 1. The van der Waals surface area contributed by atoms with Crippen LogP contribution in [0.3, 0.4) is 0 Å². The molecule has 2 rings (SSSR count). The number of carboxylic acid groups (broad SMARTS) is 1. The molecule has 1 N–H and O–H groups in total. The molecule has 0 amide bonds. The van der Waals surface area contributed by atoms with Gasteiger partial charge in [0, 0.05) is 17.6 Å². The van der Waals surface area contributed by atoms with Crippen molar-refractivity contribution in [2.45, 2.75) is 26.2 Å². The summed E-state index contributed by atoms with van der Waals surface area (Å²) in [7, 11) is 0. The number of nitrogens with zero attached hydrogens (tertiary/aromatic N) is 2. The number of rotatable bonds is 3. The Hall–Kier alpha value is -1.54. The monoisotopic (exact) mass is 336 g/mol. The molecule has 4 nitrogen and oxygen atoms in total. The van der Waals surface area contributed by atoms with Crippen LogP contribution >= 0.6 is 15.9 Å². The van der Waals surface area contributed by atoms with Crippen LogP contribution in [0.4, 0.5) is 5.69 Å². The zero-order valence-corrected chi connectivity index (χ0v) is 13.0. The first-order valence-electron chi connectivity index (χ1n) is 6.70. The third kappa shape index (κ3) is 2.66. The molecule has 1 aliphatic rings. The second-order valence-electron chi connectivity index (χ2n) is 5.24. The van der Waals surface area contributed by atoms with Crippen molar-refractivity contribution < 1.29 is 9.90 Å². The number of nitriles is 1.